The fourth-order valence-electron chi connectivity index (χ4n) is 2.57. The van der Waals surface area contributed by atoms with E-state index in [4.69, 9.17) is 4.74 Å². The molecule has 0 aliphatic carbocycles. The van der Waals surface area contributed by atoms with Gasteiger partial charge in [0.2, 0.25) is 0 Å². The van der Waals surface area contributed by atoms with E-state index in [0.717, 1.165) is 5.56 Å². The Bertz CT molecular complexity index is 707. The lowest BCUT2D eigenvalue weighted by Crippen LogP contribution is -2.43. The number of aliphatic hydroxyl groups is 1. The lowest BCUT2D eigenvalue weighted by Gasteiger charge is -2.24. The Hall–Kier alpha value is -2.21. The molecule has 5 nitrogen and oxygen atoms in total. The van der Waals surface area contributed by atoms with Gasteiger partial charge in [-0.1, -0.05) is 42.5 Å². The minimum absolute atomic E-state index is 0.0599. The molecule has 2 unspecified atom stereocenters. The minimum atomic E-state index is -0.713. The third-order valence-electron chi connectivity index (χ3n) is 4.07. The molecule has 0 aliphatic heterocycles. The van der Waals surface area contributed by atoms with Crippen LogP contribution in [0.25, 0.3) is 0 Å². The summed E-state index contributed by atoms with van der Waals surface area (Å²) in [6.07, 6.45) is -1.05. The average Bonchev–Trinajstić information content (AvgIpc) is 2.64. The Balaban J connectivity index is 2.05. The molecule has 2 atom stereocenters. The van der Waals surface area contributed by atoms with Crippen LogP contribution in [0.2, 0.25) is 0 Å². The van der Waals surface area contributed by atoms with E-state index in [1.165, 1.54) is 0 Å². The van der Waals surface area contributed by atoms with E-state index in [1.54, 1.807) is 36.4 Å². The maximum Gasteiger partial charge on any atom is 0.191 e. The maximum absolute atomic E-state index is 12.9. The lowest BCUT2D eigenvalue weighted by molar-refractivity contribution is -0.00326. The zero-order chi connectivity index (χ0) is 19.9. The van der Waals surface area contributed by atoms with E-state index in [1.807, 2.05) is 39.0 Å². The second-order valence-corrected chi connectivity index (χ2v) is 7.71. The van der Waals surface area contributed by atoms with Crippen LogP contribution in [0.4, 0.5) is 0 Å². The van der Waals surface area contributed by atoms with Crippen LogP contribution in [0.1, 0.15) is 36.7 Å². The van der Waals surface area contributed by atoms with Gasteiger partial charge < -0.3 is 20.3 Å². The summed E-state index contributed by atoms with van der Waals surface area (Å²) >= 11 is 0. The van der Waals surface area contributed by atoms with Crippen LogP contribution in [-0.4, -0.2) is 46.9 Å². The summed E-state index contributed by atoms with van der Waals surface area (Å²) in [6, 6.07) is 15.7. The van der Waals surface area contributed by atoms with Gasteiger partial charge in [0.05, 0.1) is 12.7 Å². The zero-order valence-corrected chi connectivity index (χ0v) is 16.2. The Morgan fingerprint density at radius 2 is 1.70 bits per heavy atom. The average molecular weight is 371 g/mol. The van der Waals surface area contributed by atoms with E-state index in [-0.39, 0.29) is 23.7 Å². The topological polar surface area (TPSA) is 78.8 Å². The van der Waals surface area contributed by atoms with Crippen molar-refractivity contribution in [3.63, 3.8) is 0 Å². The van der Waals surface area contributed by atoms with E-state index >= 15 is 0 Å². The summed E-state index contributed by atoms with van der Waals surface area (Å²) in [4.78, 5) is 12.9. The van der Waals surface area contributed by atoms with Gasteiger partial charge in [-0.15, -0.1) is 0 Å². The number of aliphatic hydroxyl groups excluding tert-OH is 1. The van der Waals surface area contributed by atoms with Crippen LogP contribution < -0.4 is 5.32 Å². The number of nitrogens with one attached hydrogen (secondary N) is 1. The van der Waals surface area contributed by atoms with Crippen LogP contribution in [-0.2, 0) is 11.2 Å². The normalized spacial score (nSPS) is 13.9. The highest BCUT2D eigenvalue weighted by atomic mass is 16.5. The molecule has 2 aromatic carbocycles. The Labute approximate surface area is 161 Å². The van der Waals surface area contributed by atoms with E-state index < -0.39 is 12.2 Å². The molecule has 0 spiro atoms. The van der Waals surface area contributed by atoms with Crippen LogP contribution in [0.5, 0.6) is 5.75 Å². The van der Waals surface area contributed by atoms with Crippen molar-refractivity contribution in [3.05, 3.63) is 65.7 Å². The first kappa shape index (κ1) is 21.1. The quantitative estimate of drug-likeness (QED) is 0.591. The highest BCUT2D eigenvalue weighted by molar-refractivity contribution is 5.99. The summed E-state index contributed by atoms with van der Waals surface area (Å²) in [6.45, 7) is 6.51. The van der Waals surface area contributed by atoms with Crippen LogP contribution in [0, 0.1) is 0 Å². The molecule has 0 bridgehead atoms. The number of Topliss-reactive ketones (excluding diaryl/α,β-unsaturated/α-hetero) is 1. The molecule has 0 heterocycles. The number of ketones is 1. The van der Waals surface area contributed by atoms with Crippen molar-refractivity contribution in [2.75, 3.05) is 13.2 Å². The predicted octanol–water partition coefficient (Wildman–Crippen LogP) is 2.95. The van der Waals surface area contributed by atoms with Crippen molar-refractivity contribution in [2.24, 2.45) is 0 Å². The van der Waals surface area contributed by atoms with Gasteiger partial charge in [-0.3, -0.25) is 4.79 Å². The molecular weight excluding hydrogens is 342 g/mol. The van der Waals surface area contributed by atoms with E-state index in [9.17, 15) is 15.0 Å². The summed E-state index contributed by atoms with van der Waals surface area (Å²) in [5, 5.41) is 22.8. The third kappa shape index (κ3) is 7.51. The predicted molar refractivity (Wildman–Crippen MR) is 106 cm³/mol. The van der Waals surface area contributed by atoms with Gasteiger partial charge in [0, 0.05) is 24.1 Å². The van der Waals surface area contributed by atoms with Crippen molar-refractivity contribution in [1.82, 2.24) is 5.32 Å². The van der Waals surface area contributed by atoms with Crippen molar-refractivity contribution >= 4 is 5.78 Å². The molecule has 27 heavy (non-hydrogen) atoms. The third-order valence-corrected chi connectivity index (χ3v) is 4.07. The van der Waals surface area contributed by atoms with Gasteiger partial charge in [-0.05, 0) is 38.5 Å². The summed E-state index contributed by atoms with van der Waals surface area (Å²) in [5.74, 6) is 0.0499. The molecule has 146 valence electrons. The van der Waals surface area contributed by atoms with Gasteiger partial charge in [0.1, 0.15) is 11.9 Å². The van der Waals surface area contributed by atoms with Gasteiger partial charge in [-0.2, -0.15) is 0 Å². The molecular formula is C22H29NO4. The molecule has 0 aromatic heterocycles. The zero-order valence-electron chi connectivity index (χ0n) is 16.2. The Kier molecular flexibility index (Phi) is 7.54. The Morgan fingerprint density at radius 1 is 1.07 bits per heavy atom. The SMILES string of the molecule is CC(C)(C)NCC(O)COC(Cc1ccc(O)cc1)C(=O)c1ccccc1. The number of benzene rings is 2. The number of carbonyl (C=O) groups excluding carboxylic acids is 1. The fraction of sp³-hybridized carbons (Fsp3) is 0.409. The van der Waals surface area contributed by atoms with Crippen molar-refractivity contribution in [3.8, 4) is 5.75 Å². The summed E-state index contributed by atoms with van der Waals surface area (Å²) < 4.78 is 5.82. The van der Waals surface area contributed by atoms with Gasteiger partial charge in [-0.25, -0.2) is 0 Å². The monoisotopic (exact) mass is 371 g/mol. The number of β-amino-alcohol motifs (C(OH)–C–C–N with tert-alkyl or cyclic N) is 1. The molecule has 0 aliphatic rings. The maximum atomic E-state index is 12.9. The first-order valence-electron chi connectivity index (χ1n) is 9.16. The number of carbonyl (C=O) groups is 1. The molecule has 0 amide bonds. The number of phenols is 1. The van der Waals surface area contributed by atoms with Crippen molar-refractivity contribution in [1.29, 1.82) is 0 Å². The van der Waals surface area contributed by atoms with E-state index in [0.29, 0.717) is 18.5 Å². The number of hydrogen-bond donors (Lipinski definition) is 3. The lowest BCUT2D eigenvalue weighted by atomic mass is 9.99. The van der Waals surface area contributed by atoms with Crippen LogP contribution >= 0.6 is 0 Å². The van der Waals surface area contributed by atoms with Crippen LogP contribution in [0.15, 0.2) is 54.6 Å². The standard InChI is InChI=1S/C22H29NO4/c1-22(2,3)23-14-19(25)15-27-20(13-16-9-11-18(24)12-10-16)21(26)17-7-5-4-6-8-17/h4-12,19-20,23-25H,13-15H2,1-3H3. The highest BCUT2D eigenvalue weighted by Gasteiger charge is 2.23. The number of aromatic hydroxyl groups is 1. The smallest absolute Gasteiger partial charge is 0.191 e. The van der Waals surface area contributed by atoms with Crippen molar-refractivity contribution in [2.45, 2.75) is 44.9 Å². The Morgan fingerprint density at radius 3 is 2.30 bits per heavy atom. The molecule has 2 rings (SSSR count). The minimum Gasteiger partial charge on any atom is -0.508 e. The van der Waals surface area contributed by atoms with Gasteiger partial charge >= 0.3 is 0 Å². The highest BCUT2D eigenvalue weighted by Crippen LogP contribution is 2.16. The number of hydrogen-bond acceptors (Lipinski definition) is 5. The summed E-state index contributed by atoms with van der Waals surface area (Å²) in [5.41, 5.74) is 1.35. The number of ether oxygens (including phenoxy) is 1. The van der Waals surface area contributed by atoms with Gasteiger partial charge in [0.25, 0.3) is 0 Å². The van der Waals surface area contributed by atoms with Gasteiger partial charge in [0.15, 0.2) is 5.78 Å². The number of rotatable bonds is 9. The molecule has 0 saturated heterocycles. The summed E-state index contributed by atoms with van der Waals surface area (Å²) in [7, 11) is 0. The molecule has 0 radical (unpaired) electrons. The van der Waals surface area contributed by atoms with Crippen molar-refractivity contribution < 1.29 is 19.7 Å². The first-order valence-corrected chi connectivity index (χ1v) is 9.16. The first-order chi connectivity index (χ1) is 12.7. The fourth-order valence-corrected chi connectivity index (χ4v) is 2.57. The largest absolute Gasteiger partial charge is 0.508 e. The molecule has 0 saturated carbocycles. The molecule has 2 aromatic rings. The second-order valence-electron chi connectivity index (χ2n) is 7.71. The molecule has 0 fully saturated rings. The molecule has 5 heteroatoms. The van der Waals surface area contributed by atoms with E-state index in [2.05, 4.69) is 5.32 Å². The number of phenolic OH excluding ortho intramolecular Hbond substituents is 1. The molecule has 3 N–H and O–H groups in total. The van der Waals surface area contributed by atoms with Crippen LogP contribution in [0.3, 0.4) is 0 Å². The second kappa shape index (κ2) is 9.65.